The van der Waals surface area contributed by atoms with E-state index in [1.165, 1.54) is 20.1 Å². The molecule has 0 amide bonds. The number of hydrogen-bond donors (Lipinski definition) is 1. The quantitative estimate of drug-likeness (QED) is 0.694. The number of ether oxygens (including phenoxy) is 2. The second-order valence-corrected chi connectivity index (χ2v) is 4.85. The molecule has 0 aliphatic heterocycles. The molecule has 0 saturated heterocycles. The van der Waals surface area contributed by atoms with Gasteiger partial charge in [-0.1, -0.05) is 11.6 Å². The lowest BCUT2D eigenvalue weighted by atomic mass is 9.98. The molecule has 0 bridgehead atoms. The van der Waals surface area contributed by atoms with Crippen molar-refractivity contribution in [1.82, 2.24) is 0 Å². The van der Waals surface area contributed by atoms with E-state index in [0.717, 1.165) is 0 Å². The van der Waals surface area contributed by atoms with E-state index in [1.807, 2.05) is 0 Å². The zero-order chi connectivity index (χ0) is 15.7. The molecule has 2 aromatic carbocycles. The Kier molecular flexibility index (Phi) is 4.04. The van der Waals surface area contributed by atoms with E-state index < -0.39 is 11.9 Å². The molecule has 0 atom stereocenters. The summed E-state index contributed by atoms with van der Waals surface area (Å²) >= 11 is 6.19. The van der Waals surface area contributed by atoms with Crippen molar-refractivity contribution in [3.63, 3.8) is 0 Å². The molecule has 0 radical (unpaired) electrons. The molecular formula is C15H13ClO5. The third-order valence-electron chi connectivity index (χ3n) is 3.12. The molecule has 2 aromatic rings. The molecule has 0 aliphatic rings. The lowest BCUT2D eigenvalue weighted by molar-refractivity contribution is -0.131. The molecule has 0 aromatic heterocycles. The van der Waals surface area contributed by atoms with E-state index >= 15 is 0 Å². The van der Waals surface area contributed by atoms with Crippen molar-refractivity contribution in [3.05, 3.63) is 34.3 Å². The van der Waals surface area contributed by atoms with Crippen LogP contribution in [0.3, 0.4) is 0 Å². The molecule has 0 aliphatic carbocycles. The molecule has 0 fully saturated rings. The van der Waals surface area contributed by atoms with Crippen LogP contribution in [-0.2, 0) is 4.79 Å². The fraction of sp³-hybridized carbons (Fsp3) is 0.200. The topological polar surface area (TPSA) is 72.8 Å². The fourth-order valence-electron chi connectivity index (χ4n) is 2.24. The Morgan fingerprint density at radius 3 is 2.38 bits per heavy atom. The molecule has 0 unspecified atom stereocenters. The van der Waals surface area contributed by atoms with Crippen LogP contribution in [0.5, 0.6) is 11.5 Å². The number of carbonyl (C=O) groups excluding carboxylic acids is 1. The number of carboxylic acids is 1. The maximum atomic E-state index is 11.4. The van der Waals surface area contributed by atoms with Crippen LogP contribution in [0.2, 0.25) is 5.02 Å². The van der Waals surface area contributed by atoms with Gasteiger partial charge in [0.25, 0.3) is 0 Å². The standard InChI is InChI=1S/C15H13ClO5/c1-7-9(15(18)19)6-12(21-8(2)17)14-11(20-3)5-4-10(16)13(7)14/h4-6H,1-3H3,(H,18,19). The number of aromatic carboxylic acids is 1. The maximum Gasteiger partial charge on any atom is 0.336 e. The minimum Gasteiger partial charge on any atom is -0.496 e. The van der Waals surface area contributed by atoms with Gasteiger partial charge >= 0.3 is 11.9 Å². The first kappa shape index (κ1) is 15.1. The van der Waals surface area contributed by atoms with Crippen molar-refractivity contribution in [2.24, 2.45) is 0 Å². The molecule has 1 N–H and O–H groups in total. The first-order valence-electron chi connectivity index (χ1n) is 6.08. The summed E-state index contributed by atoms with van der Waals surface area (Å²) in [4.78, 5) is 22.6. The minimum absolute atomic E-state index is 0.0221. The Morgan fingerprint density at radius 2 is 1.86 bits per heavy atom. The molecule has 6 heteroatoms. The van der Waals surface area contributed by atoms with Crippen LogP contribution in [-0.4, -0.2) is 24.2 Å². The van der Waals surface area contributed by atoms with Gasteiger partial charge < -0.3 is 14.6 Å². The monoisotopic (exact) mass is 308 g/mol. The van der Waals surface area contributed by atoms with E-state index in [0.29, 0.717) is 27.1 Å². The summed E-state index contributed by atoms with van der Waals surface area (Å²) < 4.78 is 10.4. The predicted molar refractivity (Wildman–Crippen MR) is 78.5 cm³/mol. The van der Waals surface area contributed by atoms with Crippen LogP contribution >= 0.6 is 11.6 Å². The van der Waals surface area contributed by atoms with Gasteiger partial charge in [0, 0.05) is 17.3 Å². The van der Waals surface area contributed by atoms with Gasteiger partial charge in [-0.15, -0.1) is 0 Å². The predicted octanol–water partition coefficient (Wildman–Crippen LogP) is 3.43. The minimum atomic E-state index is -1.12. The lowest BCUT2D eigenvalue weighted by Gasteiger charge is -2.15. The Morgan fingerprint density at radius 1 is 1.19 bits per heavy atom. The van der Waals surface area contributed by atoms with Crippen molar-refractivity contribution < 1.29 is 24.2 Å². The summed E-state index contributed by atoms with van der Waals surface area (Å²) in [7, 11) is 1.47. The summed E-state index contributed by atoms with van der Waals surface area (Å²) in [6.45, 7) is 2.89. The summed E-state index contributed by atoms with van der Waals surface area (Å²) in [5, 5.41) is 10.6. The number of hydrogen-bond acceptors (Lipinski definition) is 4. The zero-order valence-corrected chi connectivity index (χ0v) is 12.4. The summed E-state index contributed by atoms with van der Waals surface area (Å²) in [5.74, 6) is -1.12. The van der Waals surface area contributed by atoms with Gasteiger partial charge in [-0.2, -0.15) is 0 Å². The molecule has 0 spiro atoms. The van der Waals surface area contributed by atoms with Crippen molar-refractivity contribution in [1.29, 1.82) is 0 Å². The zero-order valence-electron chi connectivity index (χ0n) is 11.7. The number of carbonyl (C=O) groups is 2. The normalized spacial score (nSPS) is 10.5. The van der Waals surface area contributed by atoms with Crippen molar-refractivity contribution in [3.8, 4) is 11.5 Å². The van der Waals surface area contributed by atoms with E-state index in [2.05, 4.69) is 0 Å². The maximum absolute atomic E-state index is 11.4. The number of esters is 1. The van der Waals surface area contributed by atoms with E-state index in [4.69, 9.17) is 21.1 Å². The smallest absolute Gasteiger partial charge is 0.336 e. The lowest BCUT2D eigenvalue weighted by Crippen LogP contribution is -2.07. The Hall–Kier alpha value is -2.27. The van der Waals surface area contributed by atoms with Gasteiger partial charge in [-0.05, 0) is 30.7 Å². The Labute approximate surface area is 126 Å². The second-order valence-electron chi connectivity index (χ2n) is 4.45. The van der Waals surface area contributed by atoms with Crippen molar-refractivity contribution in [2.75, 3.05) is 7.11 Å². The summed E-state index contributed by atoms with van der Waals surface area (Å²) in [6.07, 6.45) is 0. The van der Waals surface area contributed by atoms with E-state index in [1.54, 1.807) is 19.1 Å². The van der Waals surface area contributed by atoms with Crippen LogP contribution in [0, 0.1) is 6.92 Å². The second kappa shape index (κ2) is 5.61. The molecular weight excluding hydrogens is 296 g/mol. The van der Waals surface area contributed by atoms with Crippen LogP contribution in [0.25, 0.3) is 10.8 Å². The largest absolute Gasteiger partial charge is 0.496 e. The van der Waals surface area contributed by atoms with Gasteiger partial charge in [0.05, 0.1) is 18.1 Å². The molecule has 0 heterocycles. The highest BCUT2D eigenvalue weighted by atomic mass is 35.5. The van der Waals surface area contributed by atoms with Gasteiger partial charge in [-0.25, -0.2) is 4.79 Å². The van der Waals surface area contributed by atoms with E-state index in [9.17, 15) is 14.7 Å². The Balaban J connectivity index is 2.97. The number of aryl methyl sites for hydroxylation is 1. The number of methoxy groups -OCH3 is 1. The highest BCUT2D eigenvalue weighted by Crippen LogP contribution is 2.41. The third kappa shape index (κ3) is 2.64. The molecule has 110 valence electrons. The number of fused-ring (bicyclic) bond motifs is 1. The Bertz CT molecular complexity index is 752. The van der Waals surface area contributed by atoms with Crippen LogP contribution in [0.1, 0.15) is 22.8 Å². The number of rotatable bonds is 3. The van der Waals surface area contributed by atoms with Crippen LogP contribution < -0.4 is 9.47 Å². The fourth-order valence-corrected chi connectivity index (χ4v) is 2.54. The summed E-state index contributed by atoms with van der Waals surface area (Å²) in [6, 6.07) is 4.55. The number of carboxylic acid groups (broad SMARTS) is 1. The van der Waals surface area contributed by atoms with Gasteiger partial charge in [0.2, 0.25) is 0 Å². The number of halogens is 1. The van der Waals surface area contributed by atoms with Crippen LogP contribution in [0.15, 0.2) is 18.2 Å². The molecule has 21 heavy (non-hydrogen) atoms. The average molecular weight is 309 g/mol. The average Bonchev–Trinajstić information content (AvgIpc) is 2.41. The number of benzene rings is 2. The van der Waals surface area contributed by atoms with Gasteiger partial charge in [0.15, 0.2) is 0 Å². The van der Waals surface area contributed by atoms with Crippen molar-refractivity contribution >= 4 is 34.3 Å². The molecule has 0 saturated carbocycles. The third-order valence-corrected chi connectivity index (χ3v) is 3.44. The first-order chi connectivity index (χ1) is 9.86. The highest BCUT2D eigenvalue weighted by Gasteiger charge is 2.20. The van der Waals surface area contributed by atoms with Gasteiger partial charge in [0.1, 0.15) is 11.5 Å². The van der Waals surface area contributed by atoms with Gasteiger partial charge in [-0.3, -0.25) is 4.79 Å². The molecule has 5 nitrogen and oxygen atoms in total. The van der Waals surface area contributed by atoms with Crippen LogP contribution in [0.4, 0.5) is 0 Å². The van der Waals surface area contributed by atoms with E-state index in [-0.39, 0.29) is 11.3 Å². The van der Waals surface area contributed by atoms with Crippen molar-refractivity contribution in [2.45, 2.75) is 13.8 Å². The SMILES string of the molecule is COc1ccc(Cl)c2c(C)c(C(=O)O)cc(OC(C)=O)c12. The highest BCUT2D eigenvalue weighted by molar-refractivity contribution is 6.36. The molecule has 2 rings (SSSR count). The summed E-state index contributed by atoms with van der Waals surface area (Å²) in [5.41, 5.74) is 0.506. The first-order valence-corrected chi connectivity index (χ1v) is 6.46.